The topological polar surface area (TPSA) is 35.2 Å². The Morgan fingerprint density at radius 3 is 2.47 bits per heavy atom. The molecular formula is C14H18F3NO. The van der Waals surface area contributed by atoms with E-state index in [0.717, 1.165) is 18.9 Å². The minimum Gasteiger partial charge on any atom is -0.376 e. The molecule has 2 atom stereocenters. The Bertz CT molecular complexity index is 429. The molecule has 0 aromatic heterocycles. The summed E-state index contributed by atoms with van der Waals surface area (Å²) in [7, 11) is 0. The first kappa shape index (κ1) is 14.3. The van der Waals surface area contributed by atoms with Gasteiger partial charge in [0.05, 0.1) is 17.7 Å². The van der Waals surface area contributed by atoms with Crippen LogP contribution in [0.5, 0.6) is 0 Å². The number of rotatable bonds is 5. The monoisotopic (exact) mass is 273 g/mol. The van der Waals surface area contributed by atoms with Crippen molar-refractivity contribution in [2.45, 2.75) is 38.1 Å². The van der Waals surface area contributed by atoms with E-state index < -0.39 is 17.8 Å². The second kappa shape index (κ2) is 5.51. The van der Waals surface area contributed by atoms with Crippen molar-refractivity contribution in [1.29, 1.82) is 0 Å². The van der Waals surface area contributed by atoms with E-state index in [1.54, 1.807) is 6.07 Å². The lowest BCUT2D eigenvalue weighted by Gasteiger charge is -2.26. The number of benzene rings is 1. The van der Waals surface area contributed by atoms with Crippen molar-refractivity contribution in [3.63, 3.8) is 0 Å². The van der Waals surface area contributed by atoms with Crippen LogP contribution in [0.25, 0.3) is 0 Å². The molecule has 19 heavy (non-hydrogen) atoms. The van der Waals surface area contributed by atoms with Crippen LogP contribution in [0.15, 0.2) is 24.3 Å². The van der Waals surface area contributed by atoms with Crippen molar-refractivity contribution >= 4 is 0 Å². The van der Waals surface area contributed by atoms with Crippen LogP contribution < -0.4 is 5.73 Å². The number of hydrogen-bond donors (Lipinski definition) is 1. The molecule has 2 N–H and O–H groups in total. The first-order valence-corrected chi connectivity index (χ1v) is 6.48. The second-order valence-corrected chi connectivity index (χ2v) is 4.87. The summed E-state index contributed by atoms with van der Waals surface area (Å²) in [6.45, 7) is 2.29. The molecule has 0 aliphatic heterocycles. The Balaban J connectivity index is 2.29. The van der Waals surface area contributed by atoms with Crippen LogP contribution in [0.2, 0.25) is 0 Å². The Kier molecular flexibility index (Phi) is 4.16. The van der Waals surface area contributed by atoms with Gasteiger partial charge in [0, 0.05) is 6.61 Å². The predicted molar refractivity (Wildman–Crippen MR) is 66.5 cm³/mol. The Hall–Kier alpha value is -1.07. The molecule has 0 radical (unpaired) electrons. The summed E-state index contributed by atoms with van der Waals surface area (Å²) >= 11 is 0. The molecule has 0 bridgehead atoms. The van der Waals surface area contributed by atoms with Crippen molar-refractivity contribution in [2.75, 3.05) is 6.61 Å². The maximum atomic E-state index is 13.0. The summed E-state index contributed by atoms with van der Waals surface area (Å²) in [5, 5.41) is 0. The van der Waals surface area contributed by atoms with E-state index in [1.165, 1.54) is 12.1 Å². The molecule has 1 aromatic rings. The minimum atomic E-state index is -4.38. The molecule has 1 aliphatic rings. The SMILES string of the molecule is CCOC(C1CC1)C(N)c1ccccc1C(F)(F)F. The lowest BCUT2D eigenvalue weighted by molar-refractivity contribution is -0.138. The summed E-state index contributed by atoms with van der Waals surface area (Å²) in [5.74, 6) is 0.288. The normalized spacial score (nSPS) is 19.2. The van der Waals surface area contributed by atoms with Gasteiger partial charge in [0.15, 0.2) is 0 Å². The zero-order valence-corrected chi connectivity index (χ0v) is 10.8. The van der Waals surface area contributed by atoms with Crippen molar-refractivity contribution in [3.05, 3.63) is 35.4 Å². The lowest BCUT2D eigenvalue weighted by Crippen LogP contribution is -2.32. The fourth-order valence-corrected chi connectivity index (χ4v) is 2.37. The van der Waals surface area contributed by atoms with Gasteiger partial charge in [-0.05, 0) is 37.3 Å². The first-order chi connectivity index (χ1) is 8.95. The maximum absolute atomic E-state index is 13.0. The first-order valence-electron chi connectivity index (χ1n) is 6.48. The van der Waals surface area contributed by atoms with Crippen LogP contribution in [0.4, 0.5) is 13.2 Å². The number of halogens is 3. The third-order valence-corrected chi connectivity index (χ3v) is 3.42. The predicted octanol–water partition coefficient (Wildman–Crippen LogP) is 3.52. The fraction of sp³-hybridized carbons (Fsp3) is 0.571. The van der Waals surface area contributed by atoms with Gasteiger partial charge in [-0.15, -0.1) is 0 Å². The third-order valence-electron chi connectivity index (χ3n) is 3.42. The average molecular weight is 273 g/mol. The molecule has 0 heterocycles. The van der Waals surface area contributed by atoms with Crippen molar-refractivity contribution in [1.82, 2.24) is 0 Å². The number of ether oxygens (including phenoxy) is 1. The molecule has 1 aromatic carbocycles. The molecule has 1 saturated carbocycles. The summed E-state index contributed by atoms with van der Waals surface area (Å²) in [6.07, 6.45) is -2.75. The van der Waals surface area contributed by atoms with Gasteiger partial charge in [-0.3, -0.25) is 0 Å². The molecule has 1 aliphatic carbocycles. The summed E-state index contributed by atoms with van der Waals surface area (Å²) in [4.78, 5) is 0. The van der Waals surface area contributed by atoms with Gasteiger partial charge in [0.25, 0.3) is 0 Å². The summed E-state index contributed by atoms with van der Waals surface area (Å²) in [6, 6.07) is 4.75. The van der Waals surface area contributed by atoms with Crippen LogP contribution in [0.1, 0.15) is 36.9 Å². The Morgan fingerprint density at radius 1 is 1.32 bits per heavy atom. The van der Waals surface area contributed by atoms with Gasteiger partial charge in [0.2, 0.25) is 0 Å². The van der Waals surface area contributed by atoms with Gasteiger partial charge < -0.3 is 10.5 Å². The summed E-state index contributed by atoms with van der Waals surface area (Å²) < 4.78 is 44.5. The smallest absolute Gasteiger partial charge is 0.376 e. The van der Waals surface area contributed by atoms with Gasteiger partial charge in [-0.2, -0.15) is 13.2 Å². The lowest BCUT2D eigenvalue weighted by atomic mass is 9.94. The van der Waals surface area contributed by atoms with Crippen LogP contribution >= 0.6 is 0 Å². The van der Waals surface area contributed by atoms with Crippen LogP contribution in [-0.2, 0) is 10.9 Å². The largest absolute Gasteiger partial charge is 0.416 e. The van der Waals surface area contributed by atoms with Crippen LogP contribution in [-0.4, -0.2) is 12.7 Å². The highest BCUT2D eigenvalue weighted by Gasteiger charge is 2.40. The third kappa shape index (κ3) is 3.28. The van der Waals surface area contributed by atoms with E-state index in [0.29, 0.717) is 6.61 Å². The second-order valence-electron chi connectivity index (χ2n) is 4.87. The molecule has 1 fully saturated rings. The van der Waals surface area contributed by atoms with Crippen molar-refractivity contribution in [2.24, 2.45) is 11.7 Å². The zero-order valence-electron chi connectivity index (χ0n) is 10.8. The molecule has 5 heteroatoms. The molecule has 0 amide bonds. The maximum Gasteiger partial charge on any atom is 0.416 e. The molecule has 106 valence electrons. The number of hydrogen-bond acceptors (Lipinski definition) is 2. The van der Waals surface area contributed by atoms with E-state index in [-0.39, 0.29) is 17.6 Å². The molecule has 0 spiro atoms. The highest BCUT2D eigenvalue weighted by molar-refractivity contribution is 5.33. The molecule has 2 unspecified atom stereocenters. The molecular weight excluding hydrogens is 255 g/mol. The van der Waals surface area contributed by atoms with Crippen LogP contribution in [0, 0.1) is 5.92 Å². The van der Waals surface area contributed by atoms with E-state index in [4.69, 9.17) is 10.5 Å². The average Bonchev–Trinajstić information content (AvgIpc) is 3.18. The van der Waals surface area contributed by atoms with Gasteiger partial charge in [-0.25, -0.2) is 0 Å². The quantitative estimate of drug-likeness (QED) is 0.890. The summed E-state index contributed by atoms with van der Waals surface area (Å²) in [5.41, 5.74) is 5.50. The van der Waals surface area contributed by atoms with Crippen molar-refractivity contribution < 1.29 is 17.9 Å². The Morgan fingerprint density at radius 2 is 1.95 bits per heavy atom. The molecule has 2 rings (SSSR count). The van der Waals surface area contributed by atoms with E-state index in [2.05, 4.69) is 0 Å². The van der Waals surface area contributed by atoms with E-state index >= 15 is 0 Å². The van der Waals surface area contributed by atoms with Crippen molar-refractivity contribution in [3.8, 4) is 0 Å². The van der Waals surface area contributed by atoms with Gasteiger partial charge in [-0.1, -0.05) is 18.2 Å². The number of nitrogens with two attached hydrogens (primary N) is 1. The highest BCUT2D eigenvalue weighted by Crippen LogP contribution is 2.42. The molecule has 2 nitrogen and oxygen atoms in total. The van der Waals surface area contributed by atoms with E-state index in [9.17, 15) is 13.2 Å². The minimum absolute atomic E-state index is 0.125. The Labute approximate surface area is 110 Å². The standard InChI is InChI=1S/C14H18F3NO/c1-2-19-13(9-7-8-9)12(18)10-5-3-4-6-11(10)14(15,16)17/h3-6,9,12-13H,2,7-8,18H2,1H3. The number of alkyl halides is 3. The molecule has 0 saturated heterocycles. The zero-order chi connectivity index (χ0) is 14.0. The van der Waals surface area contributed by atoms with E-state index in [1.807, 2.05) is 6.92 Å². The van der Waals surface area contributed by atoms with Gasteiger partial charge >= 0.3 is 6.18 Å². The highest BCUT2D eigenvalue weighted by atomic mass is 19.4. The fourth-order valence-electron chi connectivity index (χ4n) is 2.37. The van der Waals surface area contributed by atoms with Gasteiger partial charge in [0.1, 0.15) is 0 Å². The van der Waals surface area contributed by atoms with Crippen LogP contribution in [0.3, 0.4) is 0 Å².